The third kappa shape index (κ3) is 10.6. The molecule has 2 N–H and O–H groups in total. The van der Waals surface area contributed by atoms with Gasteiger partial charge in [-0.15, -0.1) is 0 Å². The first-order valence-corrected chi connectivity index (χ1v) is 8.01. The van der Waals surface area contributed by atoms with E-state index in [1.165, 1.54) is 57.8 Å². The lowest BCUT2D eigenvalue weighted by Gasteiger charge is -2.12. The molecule has 0 bridgehead atoms. The maximum Gasteiger partial charge on any atom is 0.220 e. The van der Waals surface area contributed by atoms with Gasteiger partial charge < -0.3 is 5.73 Å². The first-order valence-electron chi connectivity index (χ1n) is 8.01. The molecule has 0 aliphatic carbocycles. The zero-order valence-electron chi connectivity index (χ0n) is 12.5. The minimum absolute atomic E-state index is 0.0860. The number of carbonyl (C=O) groups excluding carboxylic acids is 1. The number of amides is 1. The number of hydrogen-bond acceptors (Lipinski definition) is 1. The molecular formula is C16H33NO. The first kappa shape index (κ1) is 17.5. The van der Waals surface area contributed by atoms with Crippen molar-refractivity contribution >= 4 is 5.91 Å². The average Bonchev–Trinajstić information content (AvgIpc) is 2.35. The molecule has 0 heterocycles. The Balaban J connectivity index is 3.49. The smallest absolute Gasteiger partial charge is 0.220 e. The van der Waals surface area contributed by atoms with Gasteiger partial charge in [0.25, 0.3) is 0 Å². The van der Waals surface area contributed by atoms with Crippen LogP contribution in [-0.4, -0.2) is 5.91 Å². The maximum atomic E-state index is 11.3. The van der Waals surface area contributed by atoms with Gasteiger partial charge in [-0.1, -0.05) is 78.1 Å². The van der Waals surface area contributed by atoms with Gasteiger partial charge in [-0.05, 0) is 12.8 Å². The van der Waals surface area contributed by atoms with Crippen LogP contribution in [0.5, 0.6) is 0 Å². The van der Waals surface area contributed by atoms with E-state index in [0.717, 1.165) is 19.3 Å². The SMILES string of the molecule is CCCCCCCCCC(CCCCC)C(N)=O. The summed E-state index contributed by atoms with van der Waals surface area (Å²) in [6.45, 7) is 4.43. The minimum atomic E-state index is -0.0860. The lowest BCUT2D eigenvalue weighted by atomic mass is 9.94. The molecule has 0 aromatic carbocycles. The lowest BCUT2D eigenvalue weighted by Crippen LogP contribution is -2.23. The molecule has 0 spiro atoms. The van der Waals surface area contributed by atoms with E-state index in [9.17, 15) is 4.79 Å². The van der Waals surface area contributed by atoms with Crippen molar-refractivity contribution in [2.45, 2.75) is 90.9 Å². The quantitative estimate of drug-likeness (QED) is 0.472. The summed E-state index contributed by atoms with van der Waals surface area (Å²) in [6.07, 6.45) is 14.7. The molecule has 18 heavy (non-hydrogen) atoms. The van der Waals surface area contributed by atoms with Crippen molar-refractivity contribution in [2.24, 2.45) is 11.7 Å². The van der Waals surface area contributed by atoms with Crippen LogP contribution < -0.4 is 5.73 Å². The van der Waals surface area contributed by atoms with Gasteiger partial charge in [0.2, 0.25) is 5.91 Å². The number of nitrogens with two attached hydrogens (primary N) is 1. The number of unbranched alkanes of at least 4 members (excludes halogenated alkanes) is 8. The summed E-state index contributed by atoms with van der Waals surface area (Å²) in [5.41, 5.74) is 5.46. The zero-order chi connectivity index (χ0) is 13.6. The van der Waals surface area contributed by atoms with Crippen LogP contribution in [0.25, 0.3) is 0 Å². The Bertz CT molecular complexity index is 192. The van der Waals surface area contributed by atoms with Crippen molar-refractivity contribution < 1.29 is 4.79 Å². The second-order valence-electron chi connectivity index (χ2n) is 5.51. The van der Waals surface area contributed by atoms with E-state index in [2.05, 4.69) is 13.8 Å². The number of carbonyl (C=O) groups is 1. The Kier molecular flexibility index (Phi) is 12.5. The fraction of sp³-hybridized carbons (Fsp3) is 0.938. The van der Waals surface area contributed by atoms with Gasteiger partial charge in [-0.25, -0.2) is 0 Å². The average molecular weight is 255 g/mol. The summed E-state index contributed by atoms with van der Waals surface area (Å²) in [5, 5.41) is 0. The van der Waals surface area contributed by atoms with Gasteiger partial charge in [0, 0.05) is 5.92 Å². The molecular weight excluding hydrogens is 222 g/mol. The molecule has 2 heteroatoms. The van der Waals surface area contributed by atoms with Crippen molar-refractivity contribution in [3.05, 3.63) is 0 Å². The Morgan fingerprint density at radius 3 is 1.67 bits per heavy atom. The van der Waals surface area contributed by atoms with Crippen LogP contribution in [-0.2, 0) is 4.79 Å². The molecule has 0 fully saturated rings. The minimum Gasteiger partial charge on any atom is -0.369 e. The second kappa shape index (κ2) is 12.9. The van der Waals surface area contributed by atoms with Crippen molar-refractivity contribution in [1.29, 1.82) is 0 Å². The maximum absolute atomic E-state index is 11.3. The van der Waals surface area contributed by atoms with E-state index in [-0.39, 0.29) is 11.8 Å². The molecule has 0 saturated heterocycles. The van der Waals surface area contributed by atoms with Gasteiger partial charge in [0.1, 0.15) is 0 Å². The normalized spacial score (nSPS) is 12.6. The largest absolute Gasteiger partial charge is 0.369 e. The summed E-state index contributed by atoms with van der Waals surface area (Å²) in [7, 11) is 0. The Morgan fingerprint density at radius 2 is 1.17 bits per heavy atom. The van der Waals surface area contributed by atoms with Crippen LogP contribution in [0.15, 0.2) is 0 Å². The predicted octanol–water partition coefficient (Wildman–Crippen LogP) is 4.81. The van der Waals surface area contributed by atoms with Crippen LogP contribution in [0.1, 0.15) is 90.9 Å². The Hall–Kier alpha value is -0.530. The van der Waals surface area contributed by atoms with Crippen molar-refractivity contribution in [2.75, 3.05) is 0 Å². The predicted molar refractivity (Wildman–Crippen MR) is 79.4 cm³/mol. The highest BCUT2D eigenvalue weighted by Crippen LogP contribution is 2.18. The molecule has 0 saturated carbocycles. The molecule has 0 aliphatic heterocycles. The zero-order valence-corrected chi connectivity index (χ0v) is 12.5. The third-order valence-electron chi connectivity index (χ3n) is 3.71. The van der Waals surface area contributed by atoms with Crippen LogP contribution in [0.4, 0.5) is 0 Å². The number of hydrogen-bond donors (Lipinski definition) is 1. The van der Waals surface area contributed by atoms with Gasteiger partial charge >= 0.3 is 0 Å². The molecule has 1 unspecified atom stereocenters. The monoisotopic (exact) mass is 255 g/mol. The third-order valence-corrected chi connectivity index (χ3v) is 3.71. The van der Waals surface area contributed by atoms with E-state index < -0.39 is 0 Å². The van der Waals surface area contributed by atoms with E-state index in [1.54, 1.807) is 0 Å². The fourth-order valence-electron chi connectivity index (χ4n) is 2.42. The van der Waals surface area contributed by atoms with Crippen molar-refractivity contribution in [3.8, 4) is 0 Å². The molecule has 2 nitrogen and oxygen atoms in total. The number of primary amides is 1. The fourth-order valence-corrected chi connectivity index (χ4v) is 2.42. The van der Waals surface area contributed by atoms with Crippen LogP contribution >= 0.6 is 0 Å². The molecule has 0 aliphatic rings. The molecule has 108 valence electrons. The summed E-state index contributed by atoms with van der Waals surface area (Å²) >= 11 is 0. The second-order valence-corrected chi connectivity index (χ2v) is 5.51. The van der Waals surface area contributed by atoms with Crippen LogP contribution in [0.3, 0.4) is 0 Å². The van der Waals surface area contributed by atoms with E-state index in [0.29, 0.717) is 0 Å². The molecule has 0 radical (unpaired) electrons. The summed E-state index contributed by atoms with van der Waals surface area (Å²) in [4.78, 5) is 11.3. The molecule has 1 amide bonds. The molecule has 0 rings (SSSR count). The van der Waals surface area contributed by atoms with Gasteiger partial charge in [-0.2, -0.15) is 0 Å². The summed E-state index contributed by atoms with van der Waals surface area (Å²) in [5.74, 6) is 0.0456. The van der Waals surface area contributed by atoms with Gasteiger partial charge in [0.05, 0.1) is 0 Å². The lowest BCUT2D eigenvalue weighted by molar-refractivity contribution is -0.122. The van der Waals surface area contributed by atoms with Crippen LogP contribution in [0, 0.1) is 5.92 Å². The van der Waals surface area contributed by atoms with Crippen LogP contribution in [0.2, 0.25) is 0 Å². The summed E-state index contributed by atoms with van der Waals surface area (Å²) < 4.78 is 0. The first-order chi connectivity index (χ1) is 8.72. The number of rotatable bonds is 13. The van der Waals surface area contributed by atoms with Gasteiger partial charge in [0.15, 0.2) is 0 Å². The molecule has 0 aromatic heterocycles. The molecule has 1 atom stereocenters. The van der Waals surface area contributed by atoms with E-state index >= 15 is 0 Å². The highest BCUT2D eigenvalue weighted by Gasteiger charge is 2.13. The van der Waals surface area contributed by atoms with Crippen molar-refractivity contribution in [1.82, 2.24) is 0 Å². The summed E-state index contributed by atoms with van der Waals surface area (Å²) in [6, 6.07) is 0. The van der Waals surface area contributed by atoms with Crippen molar-refractivity contribution in [3.63, 3.8) is 0 Å². The Morgan fingerprint density at radius 1 is 0.778 bits per heavy atom. The highest BCUT2D eigenvalue weighted by molar-refractivity contribution is 5.76. The topological polar surface area (TPSA) is 43.1 Å². The Labute approximate surface area is 114 Å². The molecule has 0 aromatic rings. The standard InChI is InChI=1S/C16H33NO/c1-3-5-7-8-9-10-12-14-15(16(17)18)13-11-6-4-2/h15H,3-14H2,1-2H3,(H2,17,18). The van der Waals surface area contributed by atoms with Gasteiger partial charge in [-0.3, -0.25) is 4.79 Å². The van der Waals surface area contributed by atoms with E-state index in [1.807, 2.05) is 0 Å². The van der Waals surface area contributed by atoms with E-state index in [4.69, 9.17) is 5.73 Å². The highest BCUT2D eigenvalue weighted by atomic mass is 16.1.